The average Bonchev–Trinajstić information content (AvgIpc) is 3.44. The zero-order valence-corrected chi connectivity index (χ0v) is 18.2. The second-order valence-corrected chi connectivity index (χ2v) is 10.4. The van der Waals surface area contributed by atoms with Crippen molar-refractivity contribution < 1.29 is 17.2 Å². The maximum atomic E-state index is 13.7. The Labute approximate surface area is 171 Å². The Balaban J connectivity index is 0.000000162. The summed E-state index contributed by atoms with van der Waals surface area (Å²) in [6.45, 7) is 4.52. The highest BCUT2D eigenvalue weighted by molar-refractivity contribution is 9.10. The van der Waals surface area contributed by atoms with Crippen molar-refractivity contribution >= 4 is 37.4 Å². The Morgan fingerprint density at radius 3 is 2.57 bits per heavy atom. The van der Waals surface area contributed by atoms with Crippen LogP contribution in [-0.4, -0.2) is 51.8 Å². The van der Waals surface area contributed by atoms with Gasteiger partial charge in [-0.15, -0.1) is 5.10 Å². The van der Waals surface area contributed by atoms with Gasteiger partial charge >= 0.3 is 0 Å². The summed E-state index contributed by atoms with van der Waals surface area (Å²) in [5.41, 5.74) is 6.57. The standard InChI is InChI=1S/C9H10BrFN4.C8H14FNO2S/c1-4(2)8-6(10)7(11)5-3-13-9(12)14-15(5)8;9-7-2-1-5-10(6-7)13(11,12)8-3-4-8/h3-4H,1-2H3,(H2,12,14);7-8H,1-6H2. The predicted molar refractivity (Wildman–Crippen MR) is 107 cm³/mol. The molecule has 1 aliphatic heterocycles. The summed E-state index contributed by atoms with van der Waals surface area (Å²) in [7, 11) is -3.13. The lowest BCUT2D eigenvalue weighted by atomic mass is 10.1. The largest absolute Gasteiger partial charge is 0.367 e. The van der Waals surface area contributed by atoms with E-state index in [1.165, 1.54) is 15.0 Å². The van der Waals surface area contributed by atoms with E-state index in [9.17, 15) is 17.2 Å². The van der Waals surface area contributed by atoms with Crippen LogP contribution in [0.25, 0.3) is 5.52 Å². The quantitative estimate of drug-likeness (QED) is 0.728. The van der Waals surface area contributed by atoms with E-state index in [2.05, 4.69) is 26.0 Å². The van der Waals surface area contributed by atoms with Crippen LogP contribution in [0.2, 0.25) is 0 Å². The molecule has 0 amide bonds. The minimum atomic E-state index is -3.13. The van der Waals surface area contributed by atoms with Crippen molar-refractivity contribution in [1.29, 1.82) is 0 Å². The Bertz CT molecular complexity index is 962. The lowest BCUT2D eigenvalue weighted by Gasteiger charge is -2.28. The lowest BCUT2D eigenvalue weighted by Crippen LogP contribution is -2.42. The fourth-order valence-corrected chi connectivity index (χ4v) is 5.95. The molecule has 3 heterocycles. The Kier molecular flexibility index (Phi) is 6.26. The molecule has 1 saturated carbocycles. The van der Waals surface area contributed by atoms with Crippen molar-refractivity contribution in [1.82, 2.24) is 18.9 Å². The molecule has 28 heavy (non-hydrogen) atoms. The number of hydrogen-bond donors (Lipinski definition) is 1. The number of aromatic nitrogens is 3. The number of hydrogen-bond acceptors (Lipinski definition) is 5. The Morgan fingerprint density at radius 1 is 1.32 bits per heavy atom. The Morgan fingerprint density at radius 2 is 2.00 bits per heavy atom. The molecule has 2 fully saturated rings. The zero-order chi connectivity index (χ0) is 20.6. The van der Waals surface area contributed by atoms with Crippen LogP contribution in [0.4, 0.5) is 14.7 Å². The predicted octanol–water partition coefficient (Wildman–Crippen LogP) is 3.25. The maximum Gasteiger partial charge on any atom is 0.238 e. The van der Waals surface area contributed by atoms with Crippen molar-refractivity contribution in [2.24, 2.45) is 0 Å². The summed E-state index contributed by atoms with van der Waals surface area (Å²) in [6.07, 6.45) is 3.12. The van der Waals surface area contributed by atoms with Gasteiger partial charge in [-0.1, -0.05) is 13.8 Å². The van der Waals surface area contributed by atoms with E-state index in [-0.39, 0.29) is 29.5 Å². The fourth-order valence-electron chi connectivity index (χ4n) is 3.21. The second-order valence-electron chi connectivity index (χ2n) is 7.42. The van der Waals surface area contributed by atoms with Crippen molar-refractivity contribution in [3.8, 4) is 0 Å². The number of nitrogens with two attached hydrogens (primary N) is 1. The molecule has 0 radical (unpaired) electrons. The molecule has 1 unspecified atom stereocenters. The summed E-state index contributed by atoms with van der Waals surface area (Å²) in [6, 6.07) is 0. The molecular formula is C17H24BrF2N5O2S. The summed E-state index contributed by atoms with van der Waals surface area (Å²) < 4.78 is 53.2. The van der Waals surface area contributed by atoms with E-state index in [0.717, 1.165) is 18.5 Å². The van der Waals surface area contributed by atoms with E-state index in [1.54, 1.807) is 0 Å². The van der Waals surface area contributed by atoms with E-state index in [1.807, 2.05) is 13.8 Å². The Hall–Kier alpha value is -1.33. The van der Waals surface area contributed by atoms with Crippen molar-refractivity contribution in [2.45, 2.75) is 56.9 Å². The van der Waals surface area contributed by atoms with Crippen LogP contribution < -0.4 is 5.73 Å². The van der Waals surface area contributed by atoms with Crippen LogP contribution >= 0.6 is 15.9 Å². The highest BCUT2D eigenvalue weighted by atomic mass is 79.9. The third-order valence-electron chi connectivity index (χ3n) is 4.80. The molecule has 11 heteroatoms. The number of alkyl halides is 1. The molecule has 1 aliphatic carbocycles. The molecule has 2 N–H and O–H groups in total. The van der Waals surface area contributed by atoms with Gasteiger partial charge in [0.15, 0.2) is 5.82 Å². The number of piperidine rings is 1. The molecule has 1 saturated heterocycles. The minimum absolute atomic E-state index is 0.0822. The van der Waals surface area contributed by atoms with Crippen molar-refractivity contribution in [3.63, 3.8) is 0 Å². The number of nitrogens with zero attached hydrogens (tertiary/aromatic N) is 4. The van der Waals surface area contributed by atoms with Gasteiger partial charge < -0.3 is 5.73 Å². The molecular weight excluding hydrogens is 456 g/mol. The van der Waals surface area contributed by atoms with E-state index < -0.39 is 16.2 Å². The first-order valence-corrected chi connectivity index (χ1v) is 11.5. The van der Waals surface area contributed by atoms with E-state index in [4.69, 9.17) is 5.73 Å². The van der Waals surface area contributed by atoms with Gasteiger partial charge in [-0.05, 0) is 47.5 Å². The van der Waals surface area contributed by atoms with Crippen LogP contribution in [0.15, 0.2) is 10.7 Å². The van der Waals surface area contributed by atoms with Gasteiger partial charge in [0, 0.05) is 13.1 Å². The number of rotatable bonds is 3. The molecule has 0 spiro atoms. The normalized spacial score (nSPS) is 21.0. The number of anilines is 1. The number of sulfonamides is 1. The van der Waals surface area contributed by atoms with Gasteiger partial charge in [-0.25, -0.2) is 26.7 Å². The first-order chi connectivity index (χ1) is 13.1. The summed E-state index contributed by atoms with van der Waals surface area (Å²) in [5.74, 6) is -0.0729. The highest BCUT2D eigenvalue weighted by Crippen LogP contribution is 2.33. The van der Waals surface area contributed by atoms with Crippen LogP contribution in [-0.2, 0) is 10.0 Å². The smallest absolute Gasteiger partial charge is 0.238 e. The third kappa shape index (κ3) is 4.30. The van der Waals surface area contributed by atoms with Crippen LogP contribution in [0.1, 0.15) is 51.1 Å². The fraction of sp³-hybridized carbons (Fsp3) is 0.647. The average molecular weight is 480 g/mol. The topological polar surface area (TPSA) is 93.6 Å². The van der Waals surface area contributed by atoms with Gasteiger partial charge in [-0.3, -0.25) is 0 Å². The zero-order valence-electron chi connectivity index (χ0n) is 15.8. The van der Waals surface area contributed by atoms with E-state index >= 15 is 0 Å². The maximum absolute atomic E-state index is 13.7. The molecule has 4 rings (SSSR count). The van der Waals surface area contributed by atoms with Crippen LogP contribution in [0.5, 0.6) is 0 Å². The molecule has 7 nitrogen and oxygen atoms in total. The molecule has 1 atom stereocenters. The van der Waals surface area contributed by atoms with E-state index in [0.29, 0.717) is 29.4 Å². The van der Waals surface area contributed by atoms with Crippen LogP contribution in [0.3, 0.4) is 0 Å². The highest BCUT2D eigenvalue weighted by Gasteiger charge is 2.41. The summed E-state index contributed by atoms with van der Waals surface area (Å²) in [5, 5.41) is 3.80. The molecule has 2 aromatic heterocycles. The summed E-state index contributed by atoms with van der Waals surface area (Å²) >= 11 is 3.21. The summed E-state index contributed by atoms with van der Waals surface area (Å²) in [4.78, 5) is 3.77. The molecule has 0 bridgehead atoms. The van der Waals surface area contributed by atoms with Crippen LogP contribution in [0, 0.1) is 5.82 Å². The van der Waals surface area contributed by atoms with Gasteiger partial charge in [0.1, 0.15) is 11.7 Å². The van der Waals surface area contributed by atoms with Crippen molar-refractivity contribution in [2.75, 3.05) is 18.8 Å². The first-order valence-electron chi connectivity index (χ1n) is 9.24. The minimum Gasteiger partial charge on any atom is -0.367 e. The SMILES string of the molecule is CC(C)c1c(Br)c(F)c2cnc(N)nn12.O=S(=O)(C1CC1)N1CCCC(F)C1. The molecule has 0 aromatic carbocycles. The molecule has 2 aliphatic rings. The lowest BCUT2D eigenvalue weighted by molar-refractivity contribution is 0.203. The number of fused-ring (bicyclic) bond motifs is 1. The monoisotopic (exact) mass is 479 g/mol. The van der Waals surface area contributed by atoms with Crippen molar-refractivity contribution in [3.05, 3.63) is 22.2 Å². The van der Waals surface area contributed by atoms with Gasteiger partial charge in [0.2, 0.25) is 16.0 Å². The third-order valence-corrected chi connectivity index (χ3v) is 7.92. The van der Waals surface area contributed by atoms with Gasteiger partial charge in [0.25, 0.3) is 0 Å². The first kappa shape index (κ1) is 21.4. The molecule has 156 valence electrons. The van der Waals surface area contributed by atoms with Gasteiger partial charge in [-0.2, -0.15) is 4.31 Å². The number of halogens is 3. The number of nitrogen functional groups attached to an aromatic ring is 1. The van der Waals surface area contributed by atoms with Gasteiger partial charge in [0.05, 0.1) is 21.6 Å². The molecule has 2 aromatic rings. The second kappa shape index (κ2) is 8.19.